The van der Waals surface area contributed by atoms with Gasteiger partial charge in [-0.05, 0) is 42.2 Å². The summed E-state index contributed by atoms with van der Waals surface area (Å²) in [4.78, 5) is 1.42. The molecular weight excluding hydrogens is 286 g/mol. The van der Waals surface area contributed by atoms with E-state index in [1.807, 2.05) is 11.8 Å². The van der Waals surface area contributed by atoms with Gasteiger partial charge in [0, 0.05) is 10.9 Å². The quantitative estimate of drug-likeness (QED) is 0.881. The molecule has 0 fully saturated rings. The second kappa shape index (κ2) is 6.74. The number of rotatable bonds is 5. The smallest absolute Gasteiger partial charge is 0.118 e. The largest absolute Gasteiger partial charge is 0.464 e. The fraction of sp³-hybridized carbons (Fsp3) is 0.375. The summed E-state index contributed by atoms with van der Waals surface area (Å²) >= 11 is 3.75. The topological polar surface area (TPSA) is 25.2 Å². The Morgan fingerprint density at radius 3 is 3.00 bits per heavy atom. The number of hydrogen-bond donors (Lipinski definition) is 1. The third-order valence-corrected chi connectivity index (χ3v) is 5.18. The zero-order chi connectivity index (χ0) is 13.8. The van der Waals surface area contributed by atoms with Gasteiger partial charge in [-0.25, -0.2) is 0 Å². The molecule has 2 aromatic rings. The Hall–Kier alpha value is -0.840. The Labute approximate surface area is 128 Å². The summed E-state index contributed by atoms with van der Waals surface area (Å²) in [6, 6.07) is 13.3. The van der Waals surface area contributed by atoms with Crippen LogP contribution in [0.4, 0.5) is 0 Å². The minimum atomic E-state index is 0.446. The van der Waals surface area contributed by atoms with Crippen molar-refractivity contribution in [3.63, 3.8) is 0 Å². The third kappa shape index (κ3) is 3.25. The van der Waals surface area contributed by atoms with Gasteiger partial charge in [0.1, 0.15) is 11.5 Å². The van der Waals surface area contributed by atoms with Crippen LogP contribution in [0.5, 0.6) is 0 Å². The van der Waals surface area contributed by atoms with Crippen LogP contribution in [0.25, 0.3) is 0 Å². The van der Waals surface area contributed by atoms with Crippen molar-refractivity contribution in [2.75, 3.05) is 12.0 Å². The van der Waals surface area contributed by atoms with Crippen molar-refractivity contribution in [3.8, 4) is 0 Å². The molecule has 0 amide bonds. The van der Waals surface area contributed by atoms with Crippen molar-refractivity contribution in [3.05, 3.63) is 53.5 Å². The fourth-order valence-electron chi connectivity index (χ4n) is 2.52. The highest BCUT2D eigenvalue weighted by Crippen LogP contribution is 2.35. The van der Waals surface area contributed by atoms with Crippen LogP contribution in [0.3, 0.4) is 0 Å². The minimum absolute atomic E-state index is 0.446. The van der Waals surface area contributed by atoms with Crippen LogP contribution in [0.15, 0.2) is 45.7 Å². The van der Waals surface area contributed by atoms with E-state index in [1.165, 1.54) is 22.6 Å². The highest BCUT2D eigenvalue weighted by molar-refractivity contribution is 7.99. The summed E-state index contributed by atoms with van der Waals surface area (Å²) < 4.78 is 5.81. The Morgan fingerprint density at radius 2 is 2.10 bits per heavy atom. The van der Waals surface area contributed by atoms with Gasteiger partial charge >= 0.3 is 0 Å². The second-order valence-corrected chi connectivity index (χ2v) is 6.91. The molecule has 0 bridgehead atoms. The maximum absolute atomic E-state index is 5.81. The first-order valence-electron chi connectivity index (χ1n) is 6.88. The third-order valence-electron chi connectivity index (χ3n) is 3.49. The van der Waals surface area contributed by atoms with Crippen LogP contribution in [0.2, 0.25) is 0 Å². The van der Waals surface area contributed by atoms with Gasteiger partial charge in [0.15, 0.2) is 0 Å². The van der Waals surface area contributed by atoms with E-state index in [0.717, 1.165) is 23.8 Å². The van der Waals surface area contributed by atoms with E-state index in [4.69, 9.17) is 4.42 Å². The summed E-state index contributed by atoms with van der Waals surface area (Å²) in [5, 5.41) is 3.64. The summed E-state index contributed by atoms with van der Waals surface area (Å²) in [5.41, 5.74) is 1.43. The van der Waals surface area contributed by atoms with E-state index >= 15 is 0 Å². The molecule has 0 radical (unpaired) electrons. The molecule has 0 saturated heterocycles. The Bertz CT molecular complexity index is 567. The number of thioether (sulfide) groups is 2. The lowest BCUT2D eigenvalue weighted by molar-refractivity contribution is 0.426. The standard InChI is InChI=1S/C16H19NOS2/c1-19-11-13-7-6-12(18-13)10-17-15-8-9-20-16-5-3-2-4-14(15)16/h2-7,15,17H,8-11H2,1H3. The predicted molar refractivity (Wildman–Crippen MR) is 87.3 cm³/mol. The molecule has 1 aliphatic heterocycles. The van der Waals surface area contributed by atoms with Crippen molar-refractivity contribution in [1.29, 1.82) is 0 Å². The first-order valence-corrected chi connectivity index (χ1v) is 9.26. The average molecular weight is 305 g/mol. The lowest BCUT2D eigenvalue weighted by atomic mass is 10.0. The van der Waals surface area contributed by atoms with Crippen molar-refractivity contribution >= 4 is 23.5 Å². The molecule has 2 heterocycles. The summed E-state index contributed by atoms with van der Waals surface area (Å²) in [6.07, 6.45) is 3.27. The van der Waals surface area contributed by atoms with Crippen LogP contribution in [-0.4, -0.2) is 12.0 Å². The normalized spacial score (nSPS) is 17.9. The van der Waals surface area contributed by atoms with E-state index in [1.54, 1.807) is 11.8 Å². The molecule has 1 aromatic carbocycles. The molecule has 1 aliphatic rings. The van der Waals surface area contributed by atoms with Gasteiger partial charge in [0.25, 0.3) is 0 Å². The monoisotopic (exact) mass is 305 g/mol. The zero-order valence-corrected chi connectivity index (χ0v) is 13.2. The van der Waals surface area contributed by atoms with Crippen LogP contribution < -0.4 is 5.32 Å². The zero-order valence-electron chi connectivity index (χ0n) is 11.6. The number of fused-ring (bicyclic) bond motifs is 1. The van der Waals surface area contributed by atoms with Gasteiger partial charge in [-0.2, -0.15) is 11.8 Å². The van der Waals surface area contributed by atoms with Gasteiger partial charge in [-0.1, -0.05) is 18.2 Å². The number of benzene rings is 1. The molecule has 2 nitrogen and oxygen atoms in total. The van der Waals surface area contributed by atoms with Crippen molar-refractivity contribution in [2.45, 2.75) is 29.7 Å². The van der Waals surface area contributed by atoms with Gasteiger partial charge in [0.05, 0.1) is 12.3 Å². The van der Waals surface area contributed by atoms with Crippen LogP contribution in [0, 0.1) is 0 Å². The van der Waals surface area contributed by atoms with E-state index < -0.39 is 0 Å². The minimum Gasteiger partial charge on any atom is -0.464 e. The maximum atomic E-state index is 5.81. The van der Waals surface area contributed by atoms with Crippen LogP contribution in [-0.2, 0) is 12.3 Å². The van der Waals surface area contributed by atoms with E-state index in [0.29, 0.717) is 6.04 Å². The summed E-state index contributed by atoms with van der Waals surface area (Å²) in [6.45, 7) is 0.804. The molecule has 1 aromatic heterocycles. The maximum Gasteiger partial charge on any atom is 0.118 e. The van der Waals surface area contributed by atoms with Crippen LogP contribution >= 0.6 is 23.5 Å². The van der Waals surface area contributed by atoms with Gasteiger partial charge < -0.3 is 9.73 Å². The molecular formula is C16H19NOS2. The van der Waals surface area contributed by atoms with Gasteiger partial charge in [-0.3, -0.25) is 0 Å². The molecule has 0 spiro atoms. The molecule has 1 unspecified atom stereocenters. The average Bonchev–Trinajstić information content (AvgIpc) is 2.93. The molecule has 106 valence electrons. The Morgan fingerprint density at radius 1 is 1.25 bits per heavy atom. The lowest BCUT2D eigenvalue weighted by Crippen LogP contribution is -2.23. The number of furan rings is 1. The molecule has 1 atom stereocenters. The lowest BCUT2D eigenvalue weighted by Gasteiger charge is -2.25. The highest BCUT2D eigenvalue weighted by atomic mass is 32.2. The van der Waals surface area contributed by atoms with Crippen molar-refractivity contribution < 1.29 is 4.42 Å². The SMILES string of the molecule is CSCc1ccc(CNC2CCSc3ccccc32)o1. The fourth-order valence-corrected chi connectivity index (χ4v) is 4.08. The Kier molecular flexibility index (Phi) is 4.76. The van der Waals surface area contributed by atoms with E-state index in [2.05, 4.69) is 48.0 Å². The molecule has 20 heavy (non-hydrogen) atoms. The molecule has 3 rings (SSSR count). The van der Waals surface area contributed by atoms with Gasteiger partial charge in [0.2, 0.25) is 0 Å². The van der Waals surface area contributed by atoms with E-state index in [-0.39, 0.29) is 0 Å². The number of hydrogen-bond acceptors (Lipinski definition) is 4. The molecule has 1 N–H and O–H groups in total. The summed E-state index contributed by atoms with van der Waals surface area (Å²) in [7, 11) is 0. The van der Waals surface area contributed by atoms with Crippen molar-refractivity contribution in [2.24, 2.45) is 0 Å². The highest BCUT2D eigenvalue weighted by Gasteiger charge is 2.19. The predicted octanol–water partition coefficient (Wildman–Crippen LogP) is 4.47. The summed E-state index contributed by atoms with van der Waals surface area (Å²) in [5.74, 6) is 4.23. The molecule has 0 saturated carbocycles. The molecule has 0 aliphatic carbocycles. The Balaban J connectivity index is 1.64. The molecule has 4 heteroatoms. The number of nitrogens with one attached hydrogen (secondary N) is 1. The van der Waals surface area contributed by atoms with Crippen molar-refractivity contribution in [1.82, 2.24) is 5.32 Å². The van der Waals surface area contributed by atoms with E-state index in [9.17, 15) is 0 Å². The first kappa shape index (κ1) is 14.1. The van der Waals surface area contributed by atoms with Gasteiger partial charge in [-0.15, -0.1) is 11.8 Å². The first-order chi connectivity index (χ1) is 9.86. The van der Waals surface area contributed by atoms with Crippen LogP contribution in [0.1, 0.15) is 29.5 Å². The second-order valence-electron chi connectivity index (χ2n) is 4.91.